The second kappa shape index (κ2) is 8.84. The number of hydrogen-bond donors (Lipinski definition) is 0. The van der Waals surface area contributed by atoms with Crippen molar-refractivity contribution in [3.63, 3.8) is 0 Å². The molecule has 3 aromatic rings. The van der Waals surface area contributed by atoms with Gasteiger partial charge < -0.3 is 9.64 Å². The summed E-state index contributed by atoms with van der Waals surface area (Å²) in [5, 5.41) is 0.206. The van der Waals surface area contributed by atoms with Gasteiger partial charge in [-0.25, -0.2) is 8.42 Å². The average molecular weight is 471 g/mol. The van der Waals surface area contributed by atoms with Crippen LogP contribution in [0.25, 0.3) is 0 Å². The number of halogens is 1. The number of rotatable bonds is 5. The van der Waals surface area contributed by atoms with Gasteiger partial charge >= 0.3 is 0 Å². The average Bonchev–Trinajstić information content (AvgIpc) is 2.83. The summed E-state index contributed by atoms with van der Waals surface area (Å²) in [7, 11) is -0.794. The molecule has 1 heterocycles. The Labute approximate surface area is 193 Å². The Morgan fingerprint density at radius 3 is 2.53 bits per heavy atom. The number of fused-ring (bicyclic) bond motifs is 1. The maximum Gasteiger partial charge on any atom is 0.264 e. The summed E-state index contributed by atoms with van der Waals surface area (Å²) in [5.41, 5.74) is 2.47. The van der Waals surface area contributed by atoms with Crippen LogP contribution in [0.2, 0.25) is 5.02 Å². The molecule has 4 rings (SSSR count). The van der Waals surface area contributed by atoms with Gasteiger partial charge in [0.2, 0.25) is 0 Å². The van der Waals surface area contributed by atoms with Gasteiger partial charge in [0.15, 0.2) is 0 Å². The van der Waals surface area contributed by atoms with Gasteiger partial charge in [0.25, 0.3) is 15.9 Å². The first-order valence-electron chi connectivity index (χ1n) is 10.2. The van der Waals surface area contributed by atoms with Gasteiger partial charge in [0.05, 0.1) is 28.3 Å². The number of sulfonamides is 1. The van der Waals surface area contributed by atoms with Crippen molar-refractivity contribution in [3.8, 4) is 5.75 Å². The van der Waals surface area contributed by atoms with Crippen LogP contribution in [0.15, 0.2) is 71.6 Å². The smallest absolute Gasteiger partial charge is 0.264 e. The van der Waals surface area contributed by atoms with E-state index < -0.39 is 10.0 Å². The van der Waals surface area contributed by atoms with Crippen LogP contribution in [0.1, 0.15) is 22.3 Å². The molecule has 32 heavy (non-hydrogen) atoms. The van der Waals surface area contributed by atoms with E-state index in [0.29, 0.717) is 12.2 Å². The van der Waals surface area contributed by atoms with Crippen LogP contribution < -0.4 is 13.9 Å². The fourth-order valence-electron chi connectivity index (χ4n) is 3.82. The van der Waals surface area contributed by atoms with E-state index in [1.54, 1.807) is 36.3 Å². The second-order valence-corrected chi connectivity index (χ2v) is 9.88. The molecule has 1 aliphatic rings. The van der Waals surface area contributed by atoms with E-state index in [1.165, 1.54) is 29.6 Å². The van der Waals surface area contributed by atoms with Crippen LogP contribution in [-0.2, 0) is 16.4 Å². The molecule has 0 bridgehead atoms. The zero-order chi connectivity index (χ0) is 22.9. The number of ether oxygens (including phenoxy) is 1. The third-order valence-corrected chi connectivity index (χ3v) is 7.71. The van der Waals surface area contributed by atoms with Crippen molar-refractivity contribution in [2.24, 2.45) is 0 Å². The van der Waals surface area contributed by atoms with Crippen molar-refractivity contribution >= 4 is 38.9 Å². The standard InChI is InChI=1S/C24H23ClN2O4S/c1-26(18-8-4-3-5-9-18)32(29,30)20-11-12-22(25)21(16-20)24(28)27-14-6-7-17-15-19(31-2)10-13-23(17)27/h3-5,8-13,15-16H,6-7,14H2,1-2H3. The van der Waals surface area contributed by atoms with Crippen LogP contribution in [0.3, 0.4) is 0 Å². The largest absolute Gasteiger partial charge is 0.497 e. The highest BCUT2D eigenvalue weighted by molar-refractivity contribution is 7.92. The van der Waals surface area contributed by atoms with Crippen molar-refractivity contribution in [2.75, 3.05) is 29.9 Å². The highest BCUT2D eigenvalue weighted by Crippen LogP contribution is 2.33. The molecule has 0 radical (unpaired) electrons. The number of benzene rings is 3. The first-order chi connectivity index (χ1) is 15.3. The Morgan fingerprint density at radius 1 is 1.06 bits per heavy atom. The predicted octanol–water partition coefficient (Wildman–Crippen LogP) is 4.77. The number of anilines is 2. The lowest BCUT2D eigenvalue weighted by atomic mass is 10.0. The summed E-state index contributed by atoms with van der Waals surface area (Å²) in [5.74, 6) is 0.397. The fraction of sp³-hybridized carbons (Fsp3) is 0.208. The Bertz CT molecular complexity index is 1260. The number of aryl methyl sites for hydroxylation is 1. The first kappa shape index (κ1) is 22.2. The van der Waals surface area contributed by atoms with Crippen LogP contribution in [0.4, 0.5) is 11.4 Å². The molecule has 0 saturated heterocycles. The summed E-state index contributed by atoms with van der Waals surface area (Å²) < 4.78 is 32.9. The van der Waals surface area contributed by atoms with Crippen LogP contribution in [-0.4, -0.2) is 35.0 Å². The maximum absolute atomic E-state index is 13.5. The molecular weight excluding hydrogens is 448 g/mol. The van der Waals surface area contributed by atoms with E-state index >= 15 is 0 Å². The molecule has 8 heteroatoms. The second-order valence-electron chi connectivity index (χ2n) is 7.50. The zero-order valence-electron chi connectivity index (χ0n) is 17.8. The van der Waals surface area contributed by atoms with E-state index in [1.807, 2.05) is 24.3 Å². The van der Waals surface area contributed by atoms with Crippen molar-refractivity contribution in [1.82, 2.24) is 0 Å². The topological polar surface area (TPSA) is 66.9 Å². The third kappa shape index (κ3) is 4.06. The summed E-state index contributed by atoms with van der Waals surface area (Å²) in [6.45, 7) is 0.523. The van der Waals surface area contributed by atoms with Crippen LogP contribution in [0, 0.1) is 0 Å². The molecule has 0 atom stereocenters. The van der Waals surface area contributed by atoms with Gasteiger partial charge in [0.1, 0.15) is 5.75 Å². The van der Waals surface area contributed by atoms with Crippen molar-refractivity contribution in [2.45, 2.75) is 17.7 Å². The monoisotopic (exact) mass is 470 g/mol. The number of carbonyl (C=O) groups is 1. The molecule has 3 aromatic carbocycles. The van der Waals surface area contributed by atoms with Crippen LogP contribution >= 0.6 is 11.6 Å². The molecule has 1 amide bonds. The highest BCUT2D eigenvalue weighted by atomic mass is 35.5. The quantitative estimate of drug-likeness (QED) is 0.539. The van der Waals surface area contributed by atoms with Gasteiger partial charge in [-0.15, -0.1) is 0 Å². The third-order valence-electron chi connectivity index (χ3n) is 5.60. The lowest BCUT2D eigenvalue weighted by Crippen LogP contribution is -2.36. The molecular formula is C24H23ClN2O4S. The van der Waals surface area contributed by atoms with Crippen molar-refractivity contribution in [1.29, 1.82) is 0 Å². The summed E-state index contributed by atoms with van der Waals surface area (Å²) in [6.07, 6.45) is 1.62. The summed E-state index contributed by atoms with van der Waals surface area (Å²) >= 11 is 6.36. The molecule has 6 nitrogen and oxygen atoms in total. The minimum Gasteiger partial charge on any atom is -0.497 e. The molecule has 0 aliphatic carbocycles. The maximum atomic E-state index is 13.5. The van der Waals surface area contributed by atoms with Crippen LogP contribution in [0.5, 0.6) is 5.75 Å². The number of carbonyl (C=O) groups excluding carboxylic acids is 1. The number of hydrogen-bond acceptors (Lipinski definition) is 4. The molecule has 166 valence electrons. The van der Waals surface area contributed by atoms with Gasteiger partial charge in [-0.3, -0.25) is 9.10 Å². The molecule has 0 N–H and O–H groups in total. The Morgan fingerprint density at radius 2 is 1.81 bits per heavy atom. The van der Waals surface area contributed by atoms with Crippen molar-refractivity contribution < 1.29 is 17.9 Å². The zero-order valence-corrected chi connectivity index (χ0v) is 19.4. The number of nitrogens with zero attached hydrogens (tertiary/aromatic N) is 2. The molecule has 0 saturated carbocycles. The molecule has 0 aromatic heterocycles. The SMILES string of the molecule is COc1ccc2c(c1)CCCN2C(=O)c1cc(S(=O)(=O)N(C)c2ccccc2)ccc1Cl. The summed E-state index contributed by atoms with van der Waals surface area (Å²) in [6, 6.07) is 18.6. The lowest BCUT2D eigenvalue weighted by Gasteiger charge is -2.30. The van der Waals surface area contributed by atoms with Gasteiger partial charge in [-0.05, 0) is 66.9 Å². The summed E-state index contributed by atoms with van der Waals surface area (Å²) in [4.78, 5) is 15.1. The normalized spacial score (nSPS) is 13.4. The van der Waals surface area contributed by atoms with Crippen molar-refractivity contribution in [3.05, 3.63) is 82.9 Å². The number of amides is 1. The number of para-hydroxylation sites is 1. The lowest BCUT2D eigenvalue weighted by molar-refractivity contribution is 0.0985. The van der Waals surface area contributed by atoms with E-state index in [9.17, 15) is 13.2 Å². The Kier molecular flexibility index (Phi) is 6.13. The van der Waals surface area contributed by atoms with Gasteiger partial charge in [-0.2, -0.15) is 0 Å². The molecule has 0 unspecified atom stereocenters. The van der Waals surface area contributed by atoms with Gasteiger partial charge in [-0.1, -0.05) is 29.8 Å². The van der Waals surface area contributed by atoms with E-state index in [2.05, 4.69) is 0 Å². The van der Waals surface area contributed by atoms with E-state index in [4.69, 9.17) is 16.3 Å². The first-order valence-corrected chi connectivity index (χ1v) is 12.0. The molecule has 1 aliphatic heterocycles. The Hall–Kier alpha value is -3.03. The molecule has 0 fully saturated rings. The minimum atomic E-state index is -3.88. The van der Waals surface area contributed by atoms with E-state index in [-0.39, 0.29) is 21.4 Å². The fourth-order valence-corrected chi connectivity index (χ4v) is 5.24. The predicted molar refractivity (Wildman–Crippen MR) is 126 cm³/mol. The number of methoxy groups -OCH3 is 1. The Balaban J connectivity index is 1.71. The highest BCUT2D eigenvalue weighted by Gasteiger charge is 2.28. The van der Waals surface area contributed by atoms with E-state index in [0.717, 1.165) is 29.8 Å². The molecule has 0 spiro atoms. The van der Waals surface area contributed by atoms with Gasteiger partial charge in [0, 0.05) is 19.3 Å². The minimum absolute atomic E-state index is 0.00330.